The number of sulfone groups is 1. The Kier molecular flexibility index (Phi) is 7.95. The van der Waals surface area contributed by atoms with Gasteiger partial charge in [0, 0.05) is 42.8 Å². The fraction of sp³-hybridized carbons (Fsp3) is 0.276. The number of para-hydroxylation sites is 1. The summed E-state index contributed by atoms with van der Waals surface area (Å²) in [5.41, 5.74) is 2.08. The number of nitrogens with zero attached hydrogens (tertiary/aromatic N) is 6. The lowest BCUT2D eigenvalue weighted by Gasteiger charge is -2.22. The maximum Gasteiger partial charge on any atom is 0.169 e. The van der Waals surface area contributed by atoms with E-state index >= 15 is 0 Å². The van der Waals surface area contributed by atoms with Crippen LogP contribution in [0.25, 0.3) is 27.8 Å². The van der Waals surface area contributed by atoms with Gasteiger partial charge < -0.3 is 14.2 Å². The summed E-state index contributed by atoms with van der Waals surface area (Å²) in [5, 5.41) is 9.68. The van der Waals surface area contributed by atoms with Gasteiger partial charge in [0.2, 0.25) is 0 Å². The predicted molar refractivity (Wildman–Crippen MR) is 154 cm³/mol. The number of rotatable bonds is 10. The van der Waals surface area contributed by atoms with Gasteiger partial charge in [0.25, 0.3) is 0 Å². The van der Waals surface area contributed by atoms with Crippen LogP contribution in [-0.2, 0) is 20.3 Å². The van der Waals surface area contributed by atoms with Crippen LogP contribution in [0.4, 0.5) is 0 Å². The van der Waals surface area contributed by atoms with Gasteiger partial charge >= 0.3 is 0 Å². The van der Waals surface area contributed by atoms with Crippen molar-refractivity contribution in [2.75, 3.05) is 21.3 Å². The highest BCUT2D eigenvalue weighted by Gasteiger charge is 2.35. The summed E-state index contributed by atoms with van der Waals surface area (Å²) in [6.45, 7) is 3.44. The summed E-state index contributed by atoms with van der Waals surface area (Å²) in [5.74, 6) is 1.36. The van der Waals surface area contributed by atoms with Gasteiger partial charge in [-0.2, -0.15) is 0 Å². The predicted octanol–water partition coefficient (Wildman–Crippen LogP) is 4.29. The Bertz CT molecular complexity index is 1760. The number of methoxy groups -OCH3 is 3. The molecule has 2 atom stereocenters. The Morgan fingerprint density at radius 3 is 2.24 bits per heavy atom. The van der Waals surface area contributed by atoms with Crippen molar-refractivity contribution < 1.29 is 22.6 Å². The molecule has 12 heteroatoms. The van der Waals surface area contributed by atoms with Crippen LogP contribution in [0, 0.1) is 6.92 Å². The normalized spacial score (nSPS) is 13.2. The molecule has 212 valence electrons. The summed E-state index contributed by atoms with van der Waals surface area (Å²) in [4.78, 5) is 12.8. The van der Waals surface area contributed by atoms with Crippen LogP contribution in [0.1, 0.15) is 30.2 Å². The van der Waals surface area contributed by atoms with Gasteiger partial charge in [-0.3, -0.25) is 9.55 Å². The van der Waals surface area contributed by atoms with Crippen molar-refractivity contribution in [3.05, 3.63) is 84.5 Å². The molecule has 0 aliphatic rings. The van der Waals surface area contributed by atoms with Gasteiger partial charge in [-0.1, -0.05) is 24.3 Å². The quantitative estimate of drug-likeness (QED) is 0.238. The second-order valence-electron chi connectivity index (χ2n) is 9.48. The topological polar surface area (TPSA) is 131 Å². The lowest BCUT2D eigenvalue weighted by molar-refractivity contribution is 0.0947. The van der Waals surface area contributed by atoms with E-state index in [2.05, 4.69) is 25.1 Å². The summed E-state index contributed by atoms with van der Waals surface area (Å²) >= 11 is 0. The second kappa shape index (κ2) is 11.6. The standard InChI is InChI=1S/C29H30N6O5S/c1-18-14-31-28(32-15-18)27(40-5)19(2)41(36,37)17-25-33-34-29(22-9-6-8-20-16-30-13-12-21(20)22)35(25)26-23(38-3)10-7-11-24(26)39-4/h6-16,19,27H,17H2,1-5H3/t19-,27-/m0/s1. The third-order valence-electron chi connectivity index (χ3n) is 6.91. The third-order valence-corrected chi connectivity index (χ3v) is 8.95. The minimum atomic E-state index is -3.88. The van der Waals surface area contributed by atoms with E-state index < -0.39 is 26.9 Å². The van der Waals surface area contributed by atoms with Gasteiger partial charge in [0.1, 0.15) is 29.0 Å². The maximum atomic E-state index is 13.9. The van der Waals surface area contributed by atoms with E-state index in [9.17, 15) is 8.42 Å². The molecule has 11 nitrogen and oxygen atoms in total. The van der Waals surface area contributed by atoms with Crippen molar-refractivity contribution >= 4 is 20.6 Å². The highest BCUT2D eigenvalue weighted by Crippen LogP contribution is 2.38. The van der Waals surface area contributed by atoms with Gasteiger partial charge in [0.15, 0.2) is 27.3 Å². The van der Waals surface area contributed by atoms with Gasteiger partial charge in [-0.05, 0) is 43.0 Å². The van der Waals surface area contributed by atoms with Crippen molar-refractivity contribution in [3.63, 3.8) is 0 Å². The molecule has 3 aromatic heterocycles. The molecule has 0 unspecified atom stereocenters. The van der Waals surface area contributed by atoms with Crippen LogP contribution >= 0.6 is 0 Å². The first-order valence-corrected chi connectivity index (χ1v) is 14.5. The van der Waals surface area contributed by atoms with E-state index in [-0.39, 0.29) is 11.6 Å². The Labute approximate surface area is 238 Å². The van der Waals surface area contributed by atoms with Crippen LogP contribution in [0.3, 0.4) is 0 Å². The molecule has 5 rings (SSSR count). The molecule has 0 amide bonds. The van der Waals surface area contributed by atoms with E-state index in [1.165, 1.54) is 21.3 Å². The number of ether oxygens (including phenoxy) is 3. The number of fused-ring (bicyclic) bond motifs is 1. The average Bonchev–Trinajstić information content (AvgIpc) is 3.39. The third kappa shape index (κ3) is 5.35. The van der Waals surface area contributed by atoms with E-state index in [0.29, 0.717) is 23.0 Å². The SMILES string of the molecule is COc1cccc(OC)c1-n1c(CS(=O)(=O)[C@@H](C)[C@H](OC)c2ncc(C)cn2)nnc1-c1cccc2cnccc12. The molecule has 0 radical (unpaired) electrons. The molecular formula is C29H30N6O5S. The van der Waals surface area contributed by atoms with Crippen molar-refractivity contribution in [1.82, 2.24) is 29.7 Å². The summed E-state index contributed by atoms with van der Waals surface area (Å²) in [6, 6.07) is 12.9. The van der Waals surface area contributed by atoms with Gasteiger partial charge in [-0.25, -0.2) is 18.4 Å². The number of aromatic nitrogens is 6. The van der Waals surface area contributed by atoms with E-state index in [1.807, 2.05) is 31.2 Å². The molecule has 0 aliphatic carbocycles. The lowest BCUT2D eigenvalue weighted by atomic mass is 10.1. The Balaban J connectivity index is 1.68. The number of benzene rings is 2. The minimum absolute atomic E-state index is 0.181. The largest absolute Gasteiger partial charge is 0.494 e. The zero-order chi connectivity index (χ0) is 29.1. The van der Waals surface area contributed by atoms with Crippen molar-refractivity contribution in [3.8, 4) is 28.6 Å². The number of hydrogen-bond acceptors (Lipinski definition) is 10. The first-order chi connectivity index (χ1) is 19.8. The Morgan fingerprint density at radius 1 is 0.902 bits per heavy atom. The molecule has 0 aliphatic heterocycles. The molecule has 0 saturated carbocycles. The van der Waals surface area contributed by atoms with E-state index in [1.54, 1.807) is 54.5 Å². The van der Waals surface area contributed by atoms with Crippen LogP contribution in [0.2, 0.25) is 0 Å². The fourth-order valence-corrected chi connectivity index (χ4v) is 6.16. The summed E-state index contributed by atoms with van der Waals surface area (Å²) in [7, 11) is 0.630. The highest BCUT2D eigenvalue weighted by molar-refractivity contribution is 7.91. The maximum absolute atomic E-state index is 13.9. The minimum Gasteiger partial charge on any atom is -0.494 e. The van der Waals surface area contributed by atoms with Crippen LogP contribution in [-0.4, -0.2) is 64.7 Å². The van der Waals surface area contributed by atoms with Gasteiger partial charge in [0.05, 0.1) is 19.5 Å². The molecule has 0 saturated heterocycles. The summed E-state index contributed by atoms with van der Waals surface area (Å²) < 4.78 is 46.5. The Morgan fingerprint density at radius 2 is 1.59 bits per heavy atom. The molecule has 0 N–H and O–H groups in total. The zero-order valence-electron chi connectivity index (χ0n) is 23.3. The number of pyridine rings is 1. The van der Waals surface area contributed by atoms with Crippen molar-refractivity contribution in [2.24, 2.45) is 0 Å². The highest BCUT2D eigenvalue weighted by atomic mass is 32.2. The first-order valence-electron chi connectivity index (χ1n) is 12.8. The fourth-order valence-electron chi connectivity index (χ4n) is 4.75. The average molecular weight is 575 g/mol. The van der Waals surface area contributed by atoms with Crippen LogP contribution < -0.4 is 9.47 Å². The van der Waals surface area contributed by atoms with Crippen molar-refractivity contribution in [1.29, 1.82) is 0 Å². The lowest BCUT2D eigenvalue weighted by Crippen LogP contribution is -2.30. The monoisotopic (exact) mass is 574 g/mol. The zero-order valence-corrected chi connectivity index (χ0v) is 24.2. The van der Waals surface area contributed by atoms with Gasteiger partial charge in [-0.15, -0.1) is 10.2 Å². The molecule has 2 aromatic carbocycles. The smallest absolute Gasteiger partial charge is 0.169 e. The van der Waals surface area contributed by atoms with Crippen molar-refractivity contribution in [2.45, 2.75) is 31.0 Å². The number of hydrogen-bond donors (Lipinski definition) is 0. The first kappa shape index (κ1) is 28.1. The van der Waals surface area contributed by atoms with E-state index in [4.69, 9.17) is 14.2 Å². The second-order valence-corrected chi connectivity index (χ2v) is 11.8. The molecule has 5 aromatic rings. The summed E-state index contributed by atoms with van der Waals surface area (Å²) in [6.07, 6.45) is 5.83. The Hall–Kier alpha value is -4.42. The molecule has 41 heavy (non-hydrogen) atoms. The molecule has 0 fully saturated rings. The molecule has 0 spiro atoms. The molecule has 0 bridgehead atoms. The molecule has 3 heterocycles. The van der Waals surface area contributed by atoms with E-state index in [0.717, 1.165) is 21.9 Å². The molecular weight excluding hydrogens is 544 g/mol. The van der Waals surface area contributed by atoms with Crippen LogP contribution in [0.5, 0.6) is 11.5 Å². The number of aryl methyl sites for hydroxylation is 1. The van der Waals surface area contributed by atoms with Crippen LogP contribution in [0.15, 0.2) is 67.3 Å².